The van der Waals surface area contributed by atoms with Crippen LogP contribution in [0.5, 0.6) is 0 Å². The molecule has 3 aromatic heterocycles. The van der Waals surface area contributed by atoms with Gasteiger partial charge in [0, 0.05) is 70.4 Å². The standard InChI is InChI=1S/C42H56N10O8/c1-41(2,3)60-39(54)45-13-18-57-20-22-59-24-23-58-21-19-56-17-8-14-50-29-32-28-49(15-16-51(32)40(50)55)38-46-25-31(26-47-38)34-11-10-33-35(53)42(4,5)52(37(33)48-34)27-30-9-7-12-44-36(30)43-6/h7,9-12,25-26,32H,8,13-24,27-29H2,1-5H3,(H,45,54)/t32-/m0/s1. The third-order valence-corrected chi connectivity index (χ3v) is 10.3. The van der Waals surface area contributed by atoms with Gasteiger partial charge in [-0.2, -0.15) is 0 Å². The molecule has 3 aliphatic heterocycles. The van der Waals surface area contributed by atoms with Crippen LogP contribution in [0.15, 0.2) is 42.9 Å². The van der Waals surface area contributed by atoms with E-state index in [0.717, 1.165) is 12.0 Å². The van der Waals surface area contributed by atoms with E-state index in [0.29, 0.717) is 133 Å². The van der Waals surface area contributed by atoms with E-state index in [9.17, 15) is 14.4 Å². The molecule has 2 saturated heterocycles. The highest BCUT2D eigenvalue weighted by Gasteiger charge is 2.45. The summed E-state index contributed by atoms with van der Waals surface area (Å²) in [6.07, 6.45) is 5.34. The number of rotatable bonds is 20. The van der Waals surface area contributed by atoms with Crippen LogP contribution in [0.2, 0.25) is 0 Å². The Labute approximate surface area is 351 Å². The van der Waals surface area contributed by atoms with Gasteiger partial charge in [-0.05, 0) is 64.8 Å². The first-order valence-corrected chi connectivity index (χ1v) is 20.4. The summed E-state index contributed by atoms with van der Waals surface area (Å²) in [5.74, 6) is 1.42. The minimum atomic E-state index is -0.852. The molecule has 0 unspecified atom stereocenters. The van der Waals surface area contributed by atoms with Crippen molar-refractivity contribution in [2.24, 2.45) is 0 Å². The van der Waals surface area contributed by atoms with Gasteiger partial charge < -0.3 is 53.4 Å². The molecule has 1 N–H and O–H groups in total. The van der Waals surface area contributed by atoms with E-state index in [1.165, 1.54) is 0 Å². The normalized spacial score (nSPS) is 17.2. The van der Waals surface area contributed by atoms with Gasteiger partial charge in [0.1, 0.15) is 17.6 Å². The number of Topliss-reactive ketones (excluding diaryl/α,β-unsaturated/α-hetero) is 1. The number of pyridine rings is 2. The Morgan fingerprint density at radius 1 is 0.917 bits per heavy atom. The monoisotopic (exact) mass is 828 g/mol. The lowest BCUT2D eigenvalue weighted by Gasteiger charge is -2.36. The molecule has 3 aliphatic rings. The number of carbonyl (C=O) groups excluding carboxylic acids is 3. The van der Waals surface area contributed by atoms with Crippen LogP contribution in [0, 0.1) is 6.57 Å². The van der Waals surface area contributed by atoms with Crippen LogP contribution >= 0.6 is 0 Å². The largest absolute Gasteiger partial charge is 0.444 e. The van der Waals surface area contributed by atoms with Gasteiger partial charge in [0.2, 0.25) is 5.95 Å². The number of piperazine rings is 1. The summed E-state index contributed by atoms with van der Waals surface area (Å²) in [5, 5.41) is 2.64. The minimum Gasteiger partial charge on any atom is -0.444 e. The lowest BCUT2D eigenvalue weighted by atomic mass is 9.97. The SMILES string of the molecule is [C-]#[N+]c1ncccc1CN1c2nc(-c3cnc(N4CCN5C(=O)N(CCCOCCOCCOCCOCCNC(=O)OC(C)(C)C)C[C@@H]5C4)nc3)ccc2C(=O)C1(C)C. The predicted molar refractivity (Wildman–Crippen MR) is 222 cm³/mol. The predicted octanol–water partition coefficient (Wildman–Crippen LogP) is 4.37. The van der Waals surface area contributed by atoms with Crippen LogP contribution in [0.1, 0.15) is 57.0 Å². The first-order valence-electron chi connectivity index (χ1n) is 20.4. The van der Waals surface area contributed by atoms with Crippen molar-refractivity contribution in [3.63, 3.8) is 0 Å². The van der Waals surface area contributed by atoms with Crippen LogP contribution in [-0.2, 0) is 30.2 Å². The fraction of sp³-hybridized carbons (Fsp3) is 0.571. The number of fused-ring (bicyclic) bond motifs is 2. The lowest BCUT2D eigenvalue weighted by Crippen LogP contribution is -2.52. The highest BCUT2D eigenvalue weighted by atomic mass is 16.6. The molecule has 0 bridgehead atoms. The second-order valence-corrected chi connectivity index (χ2v) is 16.2. The van der Waals surface area contributed by atoms with Gasteiger partial charge in [-0.1, -0.05) is 12.6 Å². The van der Waals surface area contributed by atoms with Crippen LogP contribution < -0.4 is 15.1 Å². The third kappa shape index (κ3) is 11.2. The smallest absolute Gasteiger partial charge is 0.407 e. The van der Waals surface area contributed by atoms with Crippen LogP contribution in [0.4, 0.5) is 27.2 Å². The summed E-state index contributed by atoms with van der Waals surface area (Å²) >= 11 is 0. The summed E-state index contributed by atoms with van der Waals surface area (Å²) in [4.78, 5) is 68.1. The first kappa shape index (κ1) is 44.1. The van der Waals surface area contributed by atoms with Gasteiger partial charge >= 0.3 is 12.1 Å². The first-order chi connectivity index (χ1) is 28.9. The van der Waals surface area contributed by atoms with Crippen molar-refractivity contribution in [2.45, 2.75) is 64.8 Å². The van der Waals surface area contributed by atoms with Crippen molar-refractivity contribution in [1.82, 2.24) is 35.1 Å². The second kappa shape index (κ2) is 20.2. The summed E-state index contributed by atoms with van der Waals surface area (Å²) in [6, 6.07) is 7.34. The average molecular weight is 829 g/mol. The Bertz CT molecular complexity index is 1990. The van der Waals surface area contributed by atoms with Crippen molar-refractivity contribution in [1.29, 1.82) is 0 Å². The molecule has 2 fully saturated rings. The zero-order chi connectivity index (χ0) is 42.7. The van der Waals surface area contributed by atoms with Crippen molar-refractivity contribution >= 4 is 35.5 Å². The molecule has 0 spiro atoms. The molecule has 18 nitrogen and oxygen atoms in total. The molecule has 0 saturated carbocycles. The van der Waals surface area contributed by atoms with Crippen LogP contribution in [-0.4, -0.2) is 157 Å². The molecule has 3 amide bonds. The average Bonchev–Trinajstić information content (AvgIpc) is 3.64. The second-order valence-electron chi connectivity index (χ2n) is 16.2. The molecule has 1 atom stereocenters. The van der Waals surface area contributed by atoms with Crippen molar-refractivity contribution < 1.29 is 38.1 Å². The van der Waals surface area contributed by atoms with Gasteiger partial charge in [-0.25, -0.2) is 24.5 Å². The van der Waals surface area contributed by atoms with Gasteiger partial charge in [0.15, 0.2) is 5.78 Å². The van der Waals surface area contributed by atoms with Crippen LogP contribution in [0.3, 0.4) is 0 Å². The van der Waals surface area contributed by atoms with Gasteiger partial charge in [-0.15, -0.1) is 4.98 Å². The Morgan fingerprint density at radius 2 is 1.60 bits per heavy atom. The van der Waals surface area contributed by atoms with E-state index in [4.69, 9.17) is 45.2 Å². The fourth-order valence-corrected chi connectivity index (χ4v) is 7.23. The number of nitrogens with zero attached hydrogens (tertiary/aromatic N) is 9. The Hall–Kier alpha value is -5.48. The summed E-state index contributed by atoms with van der Waals surface area (Å²) in [6.45, 7) is 24.0. The molecular weight excluding hydrogens is 773 g/mol. The van der Waals surface area contributed by atoms with Gasteiger partial charge in [0.05, 0.1) is 69.1 Å². The number of urea groups is 1. The molecule has 3 aromatic rings. The van der Waals surface area contributed by atoms with Gasteiger partial charge in [-0.3, -0.25) is 4.79 Å². The summed E-state index contributed by atoms with van der Waals surface area (Å²) < 4.78 is 27.4. The number of ketones is 1. The molecule has 6 rings (SSSR count). The summed E-state index contributed by atoms with van der Waals surface area (Å²) in [5.41, 5.74) is 1.23. The quantitative estimate of drug-likeness (QED) is 0.125. The molecule has 322 valence electrons. The van der Waals surface area contributed by atoms with E-state index in [-0.39, 0.29) is 17.9 Å². The van der Waals surface area contributed by atoms with Gasteiger partial charge in [0.25, 0.3) is 5.82 Å². The molecule has 0 aliphatic carbocycles. The van der Waals surface area contributed by atoms with Crippen molar-refractivity contribution in [3.8, 4) is 11.3 Å². The zero-order valence-electron chi connectivity index (χ0n) is 35.2. The minimum absolute atomic E-state index is 0.0304. The third-order valence-electron chi connectivity index (χ3n) is 10.3. The topological polar surface area (TPSA) is 178 Å². The number of carbonyl (C=O) groups is 3. The number of hydrogen-bond acceptors (Lipinski definition) is 14. The number of aromatic nitrogens is 4. The molecule has 60 heavy (non-hydrogen) atoms. The number of anilines is 2. The molecule has 0 aromatic carbocycles. The molecule has 18 heteroatoms. The molecular formula is C42H56N10O8. The van der Waals surface area contributed by atoms with E-state index < -0.39 is 17.2 Å². The Kier molecular flexibility index (Phi) is 14.8. The maximum absolute atomic E-state index is 13.4. The maximum Gasteiger partial charge on any atom is 0.407 e. The van der Waals surface area contributed by atoms with E-state index >= 15 is 0 Å². The van der Waals surface area contributed by atoms with E-state index in [2.05, 4.69) is 20.0 Å². The highest BCUT2D eigenvalue weighted by molar-refractivity contribution is 6.12. The number of amides is 3. The van der Waals surface area contributed by atoms with Crippen molar-refractivity contribution in [3.05, 3.63) is 65.4 Å². The number of ether oxygens (including phenoxy) is 5. The lowest BCUT2D eigenvalue weighted by molar-refractivity contribution is -0.00231. The van der Waals surface area contributed by atoms with Crippen LogP contribution in [0.25, 0.3) is 16.1 Å². The maximum atomic E-state index is 13.4. The molecule has 6 heterocycles. The summed E-state index contributed by atoms with van der Waals surface area (Å²) in [7, 11) is 0. The fourth-order valence-electron chi connectivity index (χ4n) is 7.23. The highest BCUT2D eigenvalue weighted by Crippen LogP contribution is 2.40. The Morgan fingerprint density at radius 3 is 2.28 bits per heavy atom. The number of hydrogen-bond donors (Lipinski definition) is 1. The van der Waals surface area contributed by atoms with Crippen molar-refractivity contribution in [2.75, 3.05) is 102 Å². The number of alkyl carbamates (subject to hydrolysis) is 1. The number of nitrogens with one attached hydrogen (secondary N) is 1. The Balaban J connectivity index is 0.865. The zero-order valence-corrected chi connectivity index (χ0v) is 35.2. The van der Waals surface area contributed by atoms with E-state index in [1.807, 2.05) is 61.5 Å². The molecule has 0 radical (unpaired) electrons. The van der Waals surface area contributed by atoms with E-state index in [1.54, 1.807) is 30.7 Å².